The van der Waals surface area contributed by atoms with Gasteiger partial charge in [-0.25, -0.2) is 8.78 Å². The number of rotatable bonds is 6. The Morgan fingerprint density at radius 3 is 2.42 bits per heavy atom. The fraction of sp³-hybridized carbons (Fsp3) is 0.375. The van der Waals surface area contributed by atoms with Crippen LogP contribution in [-0.2, 0) is 9.59 Å². The molecule has 0 spiro atoms. The topological polar surface area (TPSA) is 73.0 Å². The van der Waals surface area contributed by atoms with Gasteiger partial charge in [0.2, 0.25) is 11.8 Å². The van der Waals surface area contributed by atoms with Gasteiger partial charge in [0.25, 0.3) is 5.91 Å². The Bertz CT molecular complexity index is 1030. The van der Waals surface area contributed by atoms with Crippen LogP contribution in [0.2, 0.25) is 0 Å². The molecule has 1 N–H and O–H groups in total. The number of nitrogens with one attached hydrogen (secondary N) is 1. The smallest absolute Gasteiger partial charge is 0.256 e. The van der Waals surface area contributed by atoms with Crippen LogP contribution >= 0.6 is 0 Å². The van der Waals surface area contributed by atoms with E-state index in [9.17, 15) is 23.2 Å². The number of amides is 3. The first-order valence-electron chi connectivity index (χ1n) is 11.0. The molecule has 4 rings (SSSR count). The maximum atomic E-state index is 13.9. The third-order valence-corrected chi connectivity index (χ3v) is 6.11. The highest BCUT2D eigenvalue weighted by molar-refractivity contribution is 6.00. The van der Waals surface area contributed by atoms with Crippen molar-refractivity contribution in [2.24, 2.45) is 5.92 Å². The Hall–Kier alpha value is -3.33. The summed E-state index contributed by atoms with van der Waals surface area (Å²) in [6.45, 7) is 3.45. The second-order valence-corrected chi connectivity index (χ2v) is 8.29. The molecule has 2 aliphatic rings. The minimum Gasteiger partial charge on any atom is -0.355 e. The Morgan fingerprint density at radius 1 is 1.00 bits per heavy atom. The number of nitrogens with zero attached hydrogens (tertiary/aromatic N) is 3. The average molecular weight is 456 g/mol. The average Bonchev–Trinajstić information content (AvgIpc) is 3.21. The molecule has 2 heterocycles. The van der Waals surface area contributed by atoms with Gasteiger partial charge in [-0.3, -0.25) is 19.3 Å². The number of piperazine rings is 1. The van der Waals surface area contributed by atoms with E-state index in [1.807, 2.05) is 30.3 Å². The van der Waals surface area contributed by atoms with Crippen LogP contribution in [0.25, 0.3) is 0 Å². The molecule has 174 valence electrons. The molecule has 2 aliphatic heterocycles. The van der Waals surface area contributed by atoms with E-state index in [0.29, 0.717) is 51.9 Å². The summed E-state index contributed by atoms with van der Waals surface area (Å²) in [5.74, 6) is -2.60. The summed E-state index contributed by atoms with van der Waals surface area (Å²) < 4.78 is 27.0. The second kappa shape index (κ2) is 10.1. The highest BCUT2D eigenvalue weighted by Gasteiger charge is 2.35. The third-order valence-electron chi connectivity index (χ3n) is 6.11. The first-order chi connectivity index (χ1) is 15.9. The monoisotopic (exact) mass is 456 g/mol. The molecule has 0 aliphatic carbocycles. The Morgan fingerprint density at radius 2 is 1.73 bits per heavy atom. The van der Waals surface area contributed by atoms with Gasteiger partial charge in [0.05, 0.1) is 11.5 Å². The van der Waals surface area contributed by atoms with E-state index in [2.05, 4.69) is 10.2 Å². The number of benzene rings is 2. The summed E-state index contributed by atoms with van der Waals surface area (Å²) in [6, 6.07) is 12.3. The van der Waals surface area contributed by atoms with Gasteiger partial charge in [-0.05, 0) is 24.3 Å². The van der Waals surface area contributed by atoms with Gasteiger partial charge in [0.15, 0.2) is 0 Å². The normalized spacial score (nSPS) is 19.1. The van der Waals surface area contributed by atoms with Crippen LogP contribution in [0, 0.1) is 17.6 Å². The van der Waals surface area contributed by atoms with Gasteiger partial charge < -0.3 is 15.1 Å². The molecule has 2 aromatic carbocycles. The number of para-hydroxylation sites is 1. The number of anilines is 1. The molecule has 0 bridgehead atoms. The lowest BCUT2D eigenvalue weighted by Gasteiger charge is -2.34. The lowest BCUT2D eigenvalue weighted by atomic mass is 10.1. The number of halogens is 2. The standard InChI is InChI=1S/C24H26F2N4O3/c25-18-6-7-20(21(26)15-18)24(33)29-12-10-28(11-13-29)9-8-27-23(32)17-14-22(31)30(16-17)19-4-2-1-3-5-19/h1-7,15,17H,8-14,16H2,(H,27,32). The molecule has 33 heavy (non-hydrogen) atoms. The van der Waals surface area contributed by atoms with Crippen molar-refractivity contribution < 1.29 is 23.2 Å². The van der Waals surface area contributed by atoms with Gasteiger partial charge in [-0.1, -0.05) is 18.2 Å². The summed E-state index contributed by atoms with van der Waals surface area (Å²) in [5, 5.41) is 2.91. The zero-order chi connectivity index (χ0) is 23.4. The zero-order valence-corrected chi connectivity index (χ0v) is 18.2. The van der Waals surface area contributed by atoms with Crippen molar-refractivity contribution in [3.8, 4) is 0 Å². The Kier molecular flexibility index (Phi) is 6.98. The SMILES string of the molecule is O=C(NCCN1CCN(C(=O)c2ccc(F)cc2F)CC1)C1CC(=O)N(c2ccccc2)C1. The first-order valence-corrected chi connectivity index (χ1v) is 11.0. The minimum absolute atomic E-state index is 0.0558. The lowest BCUT2D eigenvalue weighted by molar-refractivity contribution is -0.126. The van der Waals surface area contributed by atoms with Gasteiger partial charge in [0.1, 0.15) is 11.6 Å². The summed E-state index contributed by atoms with van der Waals surface area (Å²) in [5.41, 5.74) is 0.665. The number of hydrogen-bond donors (Lipinski definition) is 1. The molecule has 0 saturated carbocycles. The molecule has 9 heteroatoms. The molecule has 7 nitrogen and oxygen atoms in total. The van der Waals surface area contributed by atoms with Crippen LogP contribution < -0.4 is 10.2 Å². The maximum Gasteiger partial charge on any atom is 0.256 e. The van der Waals surface area contributed by atoms with Crippen molar-refractivity contribution in [1.82, 2.24) is 15.1 Å². The van der Waals surface area contributed by atoms with E-state index in [1.54, 1.807) is 9.80 Å². The summed E-state index contributed by atoms with van der Waals surface area (Å²) in [6.07, 6.45) is 0.196. The van der Waals surface area contributed by atoms with Crippen LogP contribution in [0.4, 0.5) is 14.5 Å². The minimum atomic E-state index is -0.860. The van der Waals surface area contributed by atoms with Crippen molar-refractivity contribution in [3.05, 3.63) is 65.7 Å². The van der Waals surface area contributed by atoms with Gasteiger partial charge in [-0.15, -0.1) is 0 Å². The highest BCUT2D eigenvalue weighted by atomic mass is 19.1. The molecular formula is C24H26F2N4O3. The van der Waals surface area contributed by atoms with Crippen molar-refractivity contribution in [1.29, 1.82) is 0 Å². The Balaban J connectivity index is 1.19. The van der Waals surface area contributed by atoms with Crippen molar-refractivity contribution in [2.45, 2.75) is 6.42 Å². The van der Waals surface area contributed by atoms with Crippen LogP contribution in [0.15, 0.2) is 48.5 Å². The molecular weight excluding hydrogens is 430 g/mol. The molecule has 0 aromatic heterocycles. The lowest BCUT2D eigenvalue weighted by Crippen LogP contribution is -2.50. The number of carbonyl (C=O) groups is 3. The molecule has 3 amide bonds. The molecule has 1 unspecified atom stereocenters. The number of hydrogen-bond acceptors (Lipinski definition) is 4. The van der Waals surface area contributed by atoms with E-state index in [-0.39, 0.29) is 29.7 Å². The highest BCUT2D eigenvalue weighted by Crippen LogP contribution is 2.24. The van der Waals surface area contributed by atoms with E-state index < -0.39 is 17.5 Å². The van der Waals surface area contributed by atoms with Crippen LogP contribution in [0.1, 0.15) is 16.8 Å². The molecule has 2 saturated heterocycles. The van der Waals surface area contributed by atoms with Crippen LogP contribution in [0.3, 0.4) is 0 Å². The predicted octanol–water partition coefficient (Wildman–Crippen LogP) is 1.89. The van der Waals surface area contributed by atoms with Crippen LogP contribution in [-0.4, -0.2) is 73.3 Å². The molecule has 2 fully saturated rings. The molecule has 2 aromatic rings. The van der Waals surface area contributed by atoms with E-state index in [4.69, 9.17) is 0 Å². The van der Waals surface area contributed by atoms with E-state index >= 15 is 0 Å². The third kappa shape index (κ3) is 5.36. The van der Waals surface area contributed by atoms with E-state index in [0.717, 1.165) is 11.8 Å². The van der Waals surface area contributed by atoms with Crippen LogP contribution in [0.5, 0.6) is 0 Å². The fourth-order valence-electron chi connectivity index (χ4n) is 4.23. The second-order valence-electron chi connectivity index (χ2n) is 8.29. The summed E-state index contributed by atoms with van der Waals surface area (Å²) in [4.78, 5) is 42.6. The maximum absolute atomic E-state index is 13.9. The van der Waals surface area contributed by atoms with Gasteiger partial charge >= 0.3 is 0 Å². The quantitative estimate of drug-likeness (QED) is 0.721. The molecule has 1 atom stereocenters. The largest absolute Gasteiger partial charge is 0.355 e. The van der Waals surface area contributed by atoms with Gasteiger partial charge in [-0.2, -0.15) is 0 Å². The summed E-state index contributed by atoms with van der Waals surface area (Å²) >= 11 is 0. The van der Waals surface area contributed by atoms with E-state index in [1.165, 1.54) is 6.07 Å². The predicted molar refractivity (Wildman–Crippen MR) is 119 cm³/mol. The van der Waals surface area contributed by atoms with Gasteiger partial charge in [0, 0.05) is 64.0 Å². The van der Waals surface area contributed by atoms with Crippen molar-refractivity contribution in [3.63, 3.8) is 0 Å². The first kappa shape index (κ1) is 22.8. The molecule has 0 radical (unpaired) electrons. The Labute approximate surface area is 191 Å². The van der Waals surface area contributed by atoms with Crippen molar-refractivity contribution >= 4 is 23.4 Å². The summed E-state index contributed by atoms with van der Waals surface area (Å²) in [7, 11) is 0. The van der Waals surface area contributed by atoms with Crippen molar-refractivity contribution in [2.75, 3.05) is 50.7 Å². The fourth-order valence-corrected chi connectivity index (χ4v) is 4.23. The number of carbonyl (C=O) groups excluding carboxylic acids is 3. The zero-order valence-electron chi connectivity index (χ0n) is 18.2.